The number of rotatable bonds is 7. The van der Waals surface area contributed by atoms with Gasteiger partial charge in [-0.25, -0.2) is 13.9 Å². The van der Waals surface area contributed by atoms with E-state index in [1.54, 1.807) is 6.92 Å². The second-order valence-corrected chi connectivity index (χ2v) is 12.2. The quantitative estimate of drug-likeness (QED) is 0.184. The minimum atomic E-state index is -4.87. The van der Waals surface area contributed by atoms with E-state index in [0.717, 1.165) is 9.80 Å². The molecule has 14 nitrogen and oxygen atoms in total. The summed E-state index contributed by atoms with van der Waals surface area (Å²) >= 11 is 0. The second-order valence-electron chi connectivity index (χ2n) is 10.9. The van der Waals surface area contributed by atoms with Crippen LogP contribution in [-0.4, -0.2) is 93.7 Å². The maximum absolute atomic E-state index is 13.6. The SMILES string of the molecule is Cc1cc(CNC(=O)C2N=C3N(CC4(COP(=O)(O)O)CCC3(NC(=O)C(=O)N(C)C)CC4)C(=O)C2=O)ccc1F. The van der Waals surface area contributed by atoms with E-state index in [-0.39, 0.29) is 44.6 Å². The number of benzene rings is 1. The van der Waals surface area contributed by atoms with Gasteiger partial charge >= 0.3 is 19.6 Å². The predicted molar refractivity (Wildman–Crippen MR) is 139 cm³/mol. The number of carbonyl (C=O) groups is 5. The van der Waals surface area contributed by atoms with Gasteiger partial charge in [-0.1, -0.05) is 12.1 Å². The number of hydrogen-bond acceptors (Lipinski definition) is 8. The number of aryl methyl sites for hydroxylation is 1. The van der Waals surface area contributed by atoms with Gasteiger partial charge < -0.3 is 25.3 Å². The molecule has 222 valence electrons. The molecular formula is C25H31FN5O9P. The highest BCUT2D eigenvalue weighted by Gasteiger charge is 2.58. The summed E-state index contributed by atoms with van der Waals surface area (Å²) in [6, 6.07) is 2.43. The number of amides is 4. The maximum atomic E-state index is 13.6. The molecule has 4 N–H and O–H groups in total. The van der Waals surface area contributed by atoms with E-state index >= 15 is 0 Å². The molecular weight excluding hydrogens is 564 g/mol. The van der Waals surface area contributed by atoms with Gasteiger partial charge in [0.2, 0.25) is 0 Å². The highest BCUT2D eigenvalue weighted by Crippen LogP contribution is 2.50. The van der Waals surface area contributed by atoms with E-state index < -0.39 is 66.7 Å². The lowest BCUT2D eigenvalue weighted by atomic mass is 9.69. The summed E-state index contributed by atoms with van der Waals surface area (Å²) in [5.41, 5.74) is -1.52. The normalized spacial score (nSPS) is 25.7. The molecule has 3 fully saturated rings. The van der Waals surface area contributed by atoms with Crippen LogP contribution in [-0.2, 0) is 39.6 Å². The number of phosphoric acid groups is 1. The molecule has 3 heterocycles. The third-order valence-electron chi connectivity index (χ3n) is 7.73. The van der Waals surface area contributed by atoms with Crippen LogP contribution in [0, 0.1) is 18.2 Å². The molecule has 4 amide bonds. The minimum absolute atomic E-state index is 0.0749. The van der Waals surface area contributed by atoms with Crippen LogP contribution in [0.15, 0.2) is 23.2 Å². The molecule has 4 aliphatic rings. The Bertz CT molecular complexity index is 1380. The Morgan fingerprint density at radius 2 is 1.85 bits per heavy atom. The van der Waals surface area contributed by atoms with Gasteiger partial charge in [0.25, 0.3) is 17.6 Å². The zero-order valence-electron chi connectivity index (χ0n) is 22.7. The fraction of sp³-hybridized carbons (Fsp3) is 0.520. The van der Waals surface area contributed by atoms with Gasteiger partial charge in [0, 0.05) is 32.6 Å². The van der Waals surface area contributed by atoms with Crippen molar-refractivity contribution in [2.24, 2.45) is 10.4 Å². The molecule has 0 radical (unpaired) electrons. The average Bonchev–Trinajstić information content (AvgIpc) is 3.12. The van der Waals surface area contributed by atoms with Crippen LogP contribution in [0.3, 0.4) is 0 Å². The average molecular weight is 596 g/mol. The van der Waals surface area contributed by atoms with E-state index in [2.05, 4.69) is 15.6 Å². The molecule has 2 bridgehead atoms. The van der Waals surface area contributed by atoms with Gasteiger partial charge in [-0.05, 0) is 49.8 Å². The number of Topliss-reactive ketones (excluding diaryl/α,β-unsaturated/α-hetero) is 1. The second kappa shape index (κ2) is 11.0. The Labute approximate surface area is 234 Å². The summed E-state index contributed by atoms with van der Waals surface area (Å²) in [6.45, 7) is 0.829. The van der Waals surface area contributed by atoms with Crippen molar-refractivity contribution in [3.05, 3.63) is 35.1 Å². The van der Waals surface area contributed by atoms with Crippen molar-refractivity contribution in [3.63, 3.8) is 0 Å². The number of halogens is 1. The third-order valence-corrected chi connectivity index (χ3v) is 8.19. The Kier molecular flexibility index (Phi) is 8.20. The number of nitrogens with one attached hydrogen (secondary N) is 2. The number of ketones is 1. The minimum Gasteiger partial charge on any atom is -0.350 e. The maximum Gasteiger partial charge on any atom is 0.469 e. The number of phosphoric ester groups is 1. The lowest BCUT2D eigenvalue weighted by Gasteiger charge is -2.42. The Morgan fingerprint density at radius 3 is 2.44 bits per heavy atom. The molecule has 1 aromatic carbocycles. The number of amidine groups is 1. The summed E-state index contributed by atoms with van der Waals surface area (Å²) in [6.07, 6.45) is 0.566. The van der Waals surface area contributed by atoms with Crippen LogP contribution in [0.2, 0.25) is 0 Å². The number of fused-ring (bicyclic) bond motifs is 2. The van der Waals surface area contributed by atoms with Crippen LogP contribution < -0.4 is 10.6 Å². The topological polar surface area (TPSA) is 195 Å². The van der Waals surface area contributed by atoms with Crippen molar-refractivity contribution in [2.45, 2.75) is 50.7 Å². The fourth-order valence-electron chi connectivity index (χ4n) is 5.40. The number of hydrogen-bond donors (Lipinski definition) is 4. The van der Waals surface area contributed by atoms with Crippen molar-refractivity contribution in [1.29, 1.82) is 0 Å². The van der Waals surface area contributed by atoms with E-state index in [1.165, 1.54) is 32.3 Å². The van der Waals surface area contributed by atoms with Gasteiger partial charge in [-0.15, -0.1) is 0 Å². The van der Waals surface area contributed by atoms with Crippen molar-refractivity contribution in [3.8, 4) is 0 Å². The van der Waals surface area contributed by atoms with Gasteiger partial charge in [0.1, 0.15) is 11.7 Å². The smallest absolute Gasteiger partial charge is 0.350 e. The van der Waals surface area contributed by atoms with E-state index in [1.807, 2.05) is 0 Å². The number of likely N-dealkylation sites (N-methyl/N-ethyl adjacent to an activating group) is 1. The third kappa shape index (κ3) is 6.22. The fourth-order valence-corrected chi connectivity index (χ4v) is 5.84. The summed E-state index contributed by atoms with van der Waals surface area (Å²) in [7, 11) is -2.10. The molecule has 1 atom stereocenters. The first-order valence-electron chi connectivity index (χ1n) is 12.8. The standard InChI is InChI=1S/C25H31FN5O9P/c1-14-10-15(4-5-16(14)26)11-27-19(33)17-18(32)21(35)31-12-24(13-40-41(37,38)39)6-8-25(9-7-24,23(31)28-17)29-20(34)22(36)30(2)3/h4-5,10,17H,6-9,11-13H2,1-3H3,(H,27,33)(H,29,34)(H2,37,38,39). The lowest BCUT2D eigenvalue weighted by Crippen LogP contribution is -2.65. The summed E-state index contributed by atoms with van der Waals surface area (Å²) in [5.74, 6) is -5.49. The molecule has 1 aromatic rings. The monoisotopic (exact) mass is 595 g/mol. The van der Waals surface area contributed by atoms with Crippen LogP contribution >= 0.6 is 7.82 Å². The molecule has 1 aliphatic carbocycles. The predicted octanol–water partition coefficient (Wildman–Crippen LogP) is -0.445. The van der Waals surface area contributed by atoms with E-state index in [4.69, 9.17) is 4.52 Å². The zero-order chi connectivity index (χ0) is 30.3. The largest absolute Gasteiger partial charge is 0.469 e. The van der Waals surface area contributed by atoms with Gasteiger partial charge in [-0.3, -0.25) is 33.4 Å². The van der Waals surface area contributed by atoms with E-state index in [0.29, 0.717) is 11.1 Å². The van der Waals surface area contributed by atoms with Crippen LogP contribution in [0.4, 0.5) is 4.39 Å². The first-order valence-corrected chi connectivity index (χ1v) is 14.3. The van der Waals surface area contributed by atoms with Crippen LogP contribution in [0.1, 0.15) is 36.8 Å². The number of aliphatic imine (C=N–C) groups is 1. The summed E-state index contributed by atoms with van der Waals surface area (Å²) in [4.78, 5) is 89.9. The highest BCUT2D eigenvalue weighted by molar-refractivity contribution is 7.46. The molecule has 5 rings (SSSR count). The molecule has 0 spiro atoms. The summed E-state index contributed by atoms with van der Waals surface area (Å²) < 4.78 is 29.8. The first kappa shape index (κ1) is 30.4. The van der Waals surface area contributed by atoms with Crippen molar-refractivity contribution in [2.75, 3.05) is 27.2 Å². The number of nitrogens with zero attached hydrogens (tertiary/aromatic N) is 3. The first-order chi connectivity index (χ1) is 19.1. The molecule has 1 unspecified atom stereocenters. The molecule has 2 saturated heterocycles. The Balaban J connectivity index is 1.69. The molecule has 16 heteroatoms. The highest BCUT2D eigenvalue weighted by atomic mass is 31.2. The zero-order valence-corrected chi connectivity index (χ0v) is 23.6. The van der Waals surface area contributed by atoms with Crippen molar-refractivity contribution in [1.82, 2.24) is 20.4 Å². The van der Waals surface area contributed by atoms with Crippen molar-refractivity contribution < 1.29 is 47.2 Å². The Hall–Kier alpha value is -3.52. The van der Waals surface area contributed by atoms with E-state index in [9.17, 15) is 42.7 Å². The molecule has 41 heavy (non-hydrogen) atoms. The van der Waals surface area contributed by atoms with Gasteiger partial charge in [-0.2, -0.15) is 0 Å². The number of carbonyl (C=O) groups excluding carboxylic acids is 5. The van der Waals surface area contributed by atoms with Gasteiger partial charge in [0.15, 0.2) is 6.04 Å². The molecule has 0 aromatic heterocycles. The van der Waals surface area contributed by atoms with Crippen LogP contribution in [0.25, 0.3) is 0 Å². The summed E-state index contributed by atoms with van der Waals surface area (Å²) in [5, 5.41) is 5.20. The molecule has 3 aliphatic heterocycles. The Morgan fingerprint density at radius 1 is 1.20 bits per heavy atom. The van der Waals surface area contributed by atoms with Crippen molar-refractivity contribution >= 4 is 43.1 Å². The molecule has 1 saturated carbocycles. The lowest BCUT2D eigenvalue weighted by molar-refractivity contribution is -0.146. The van der Waals surface area contributed by atoms with Crippen LogP contribution in [0.5, 0.6) is 0 Å². The van der Waals surface area contributed by atoms with Gasteiger partial charge in [0.05, 0.1) is 12.1 Å².